The van der Waals surface area contributed by atoms with E-state index in [0.717, 1.165) is 47.4 Å². The molecule has 170 valence electrons. The van der Waals surface area contributed by atoms with Crippen LogP contribution in [0.5, 0.6) is 0 Å². The second kappa shape index (κ2) is 8.86. The fourth-order valence-electron chi connectivity index (χ4n) is 3.42. The van der Waals surface area contributed by atoms with Crippen LogP contribution in [0.1, 0.15) is 26.9 Å². The lowest BCUT2D eigenvalue weighted by Crippen LogP contribution is -2.29. The highest BCUT2D eigenvalue weighted by molar-refractivity contribution is 8.00. The molecule has 1 atom stereocenters. The number of benzene rings is 3. The Balaban J connectivity index is 1.64. The highest BCUT2D eigenvalue weighted by Gasteiger charge is 2.37. The van der Waals surface area contributed by atoms with Crippen LogP contribution in [0.3, 0.4) is 0 Å². The first-order valence-corrected chi connectivity index (χ1v) is 10.7. The lowest BCUT2D eigenvalue weighted by Gasteiger charge is -2.26. The third-order valence-electron chi connectivity index (χ3n) is 4.99. The van der Waals surface area contributed by atoms with Gasteiger partial charge in [-0.3, -0.25) is 14.5 Å². The number of hydrogen-bond donors (Lipinski definition) is 1. The van der Waals surface area contributed by atoms with E-state index in [1.165, 1.54) is 11.8 Å². The normalized spacial score (nSPS) is 16.2. The van der Waals surface area contributed by atoms with E-state index in [-0.39, 0.29) is 22.7 Å². The van der Waals surface area contributed by atoms with E-state index in [1.54, 1.807) is 24.3 Å². The number of para-hydroxylation sites is 1. The lowest BCUT2D eigenvalue weighted by molar-refractivity contribution is -0.137. The van der Waals surface area contributed by atoms with E-state index in [4.69, 9.17) is 0 Å². The number of nitrogens with zero attached hydrogens (tertiary/aromatic N) is 1. The molecule has 0 aromatic heterocycles. The fourth-order valence-corrected chi connectivity index (χ4v) is 4.62. The standard InChI is InChI=1S/C23H15F5N2O2S/c24-15-9-10-17(25)19(11-15)30-20(31)12-33-22(30)16-3-1-2-4-18(16)29-21(32)13-5-7-14(8-6-13)23(26,27)28/h1-11,22H,12H2,(H,29,32). The van der Waals surface area contributed by atoms with Gasteiger partial charge in [-0.05, 0) is 42.5 Å². The van der Waals surface area contributed by atoms with E-state index in [9.17, 15) is 31.5 Å². The summed E-state index contributed by atoms with van der Waals surface area (Å²) >= 11 is 1.17. The summed E-state index contributed by atoms with van der Waals surface area (Å²) in [5.41, 5.74) is -0.360. The van der Waals surface area contributed by atoms with Crippen molar-refractivity contribution in [3.63, 3.8) is 0 Å². The number of carbonyl (C=O) groups excluding carboxylic acids is 2. The van der Waals surface area contributed by atoms with Crippen LogP contribution in [-0.2, 0) is 11.0 Å². The Labute approximate surface area is 189 Å². The van der Waals surface area contributed by atoms with Gasteiger partial charge in [-0.15, -0.1) is 11.8 Å². The molecule has 4 nitrogen and oxygen atoms in total. The Hall–Kier alpha value is -3.40. The van der Waals surface area contributed by atoms with Gasteiger partial charge in [-0.2, -0.15) is 13.2 Å². The molecule has 1 aliphatic heterocycles. The van der Waals surface area contributed by atoms with Crippen molar-refractivity contribution >= 4 is 35.0 Å². The minimum absolute atomic E-state index is 0.000912. The Morgan fingerprint density at radius 1 is 1.00 bits per heavy atom. The Morgan fingerprint density at radius 3 is 2.39 bits per heavy atom. The van der Waals surface area contributed by atoms with Crippen molar-refractivity contribution in [1.29, 1.82) is 0 Å². The van der Waals surface area contributed by atoms with Gasteiger partial charge >= 0.3 is 6.18 Å². The molecule has 1 aliphatic rings. The zero-order valence-corrected chi connectivity index (χ0v) is 17.5. The van der Waals surface area contributed by atoms with Crippen molar-refractivity contribution in [3.05, 3.63) is 95.1 Å². The zero-order chi connectivity index (χ0) is 23.8. The van der Waals surface area contributed by atoms with Crippen LogP contribution in [0.25, 0.3) is 0 Å². The maximum absolute atomic E-state index is 14.4. The maximum atomic E-state index is 14.4. The number of rotatable bonds is 4. The Bertz CT molecular complexity index is 1210. The molecule has 33 heavy (non-hydrogen) atoms. The average molecular weight is 478 g/mol. The van der Waals surface area contributed by atoms with Crippen molar-refractivity contribution in [2.24, 2.45) is 0 Å². The molecule has 3 aromatic rings. The van der Waals surface area contributed by atoms with E-state index in [0.29, 0.717) is 5.56 Å². The molecule has 0 radical (unpaired) electrons. The van der Waals surface area contributed by atoms with E-state index in [1.807, 2.05) is 0 Å². The van der Waals surface area contributed by atoms with Crippen molar-refractivity contribution in [1.82, 2.24) is 0 Å². The van der Waals surface area contributed by atoms with E-state index < -0.39 is 40.6 Å². The first-order chi connectivity index (χ1) is 15.6. The van der Waals surface area contributed by atoms with Gasteiger partial charge in [-0.1, -0.05) is 18.2 Å². The molecular formula is C23H15F5N2O2S. The topological polar surface area (TPSA) is 49.4 Å². The van der Waals surface area contributed by atoms with Crippen molar-refractivity contribution in [2.45, 2.75) is 11.6 Å². The molecule has 0 saturated carbocycles. The third-order valence-corrected chi connectivity index (χ3v) is 6.18. The van der Waals surface area contributed by atoms with Gasteiger partial charge in [0, 0.05) is 22.9 Å². The van der Waals surface area contributed by atoms with Gasteiger partial charge in [0.05, 0.1) is 17.0 Å². The Kier molecular flexibility index (Phi) is 6.11. The number of halogens is 5. The Morgan fingerprint density at radius 2 is 1.70 bits per heavy atom. The van der Waals surface area contributed by atoms with Crippen LogP contribution < -0.4 is 10.2 Å². The number of alkyl halides is 3. The molecule has 4 rings (SSSR count). The third kappa shape index (κ3) is 4.70. The molecule has 10 heteroatoms. The molecule has 0 bridgehead atoms. The molecule has 1 heterocycles. The molecule has 3 aromatic carbocycles. The van der Waals surface area contributed by atoms with Crippen LogP contribution in [0.15, 0.2) is 66.7 Å². The number of amides is 2. The van der Waals surface area contributed by atoms with Gasteiger partial charge in [0.2, 0.25) is 5.91 Å². The van der Waals surface area contributed by atoms with Gasteiger partial charge in [0.1, 0.15) is 17.0 Å². The highest BCUT2D eigenvalue weighted by atomic mass is 32.2. The number of nitrogens with one attached hydrogen (secondary N) is 1. The monoisotopic (exact) mass is 478 g/mol. The molecule has 0 spiro atoms. The largest absolute Gasteiger partial charge is 0.416 e. The second-order valence-corrected chi connectivity index (χ2v) is 8.21. The van der Waals surface area contributed by atoms with Crippen molar-refractivity contribution < 1.29 is 31.5 Å². The van der Waals surface area contributed by atoms with E-state index >= 15 is 0 Å². The van der Waals surface area contributed by atoms with Crippen molar-refractivity contribution in [3.8, 4) is 0 Å². The van der Waals surface area contributed by atoms with Crippen LogP contribution in [-0.4, -0.2) is 17.6 Å². The molecule has 1 N–H and O–H groups in total. The number of anilines is 2. The van der Waals surface area contributed by atoms with Gasteiger partial charge in [0.15, 0.2) is 0 Å². The lowest BCUT2D eigenvalue weighted by atomic mass is 10.1. The van der Waals surface area contributed by atoms with Gasteiger partial charge < -0.3 is 5.32 Å². The predicted octanol–water partition coefficient (Wildman–Crippen LogP) is 6.01. The first-order valence-electron chi connectivity index (χ1n) is 9.61. The van der Waals surface area contributed by atoms with Crippen LogP contribution in [0.4, 0.5) is 33.3 Å². The van der Waals surface area contributed by atoms with Crippen LogP contribution in [0, 0.1) is 11.6 Å². The summed E-state index contributed by atoms with van der Waals surface area (Å²) in [5, 5.41) is 1.88. The van der Waals surface area contributed by atoms with Crippen LogP contribution in [0.2, 0.25) is 0 Å². The number of hydrogen-bond acceptors (Lipinski definition) is 3. The minimum atomic E-state index is -4.52. The molecule has 0 aliphatic carbocycles. The number of carbonyl (C=O) groups is 2. The SMILES string of the molecule is O=C(Nc1ccccc1C1SCC(=O)N1c1cc(F)ccc1F)c1ccc(C(F)(F)F)cc1. The number of thioether (sulfide) groups is 1. The molecule has 1 saturated heterocycles. The smallest absolute Gasteiger partial charge is 0.322 e. The molecule has 1 fully saturated rings. The predicted molar refractivity (Wildman–Crippen MR) is 115 cm³/mol. The summed E-state index contributed by atoms with van der Waals surface area (Å²) in [4.78, 5) is 26.3. The summed E-state index contributed by atoms with van der Waals surface area (Å²) < 4.78 is 66.5. The summed E-state index contributed by atoms with van der Waals surface area (Å²) in [5.74, 6) is -2.56. The highest BCUT2D eigenvalue weighted by Crippen LogP contribution is 2.45. The zero-order valence-electron chi connectivity index (χ0n) is 16.7. The molecule has 2 amide bonds. The first kappa shape index (κ1) is 22.8. The summed E-state index contributed by atoms with van der Waals surface area (Å²) in [6, 6.07) is 13.0. The fraction of sp³-hybridized carbons (Fsp3) is 0.130. The summed E-state index contributed by atoms with van der Waals surface area (Å²) in [7, 11) is 0. The summed E-state index contributed by atoms with van der Waals surface area (Å²) in [6.07, 6.45) is -4.52. The quantitative estimate of drug-likeness (QED) is 0.467. The van der Waals surface area contributed by atoms with Gasteiger partial charge in [-0.25, -0.2) is 8.78 Å². The van der Waals surface area contributed by atoms with Crippen molar-refractivity contribution in [2.75, 3.05) is 16.0 Å². The minimum Gasteiger partial charge on any atom is -0.322 e. The summed E-state index contributed by atoms with van der Waals surface area (Å²) in [6.45, 7) is 0. The second-order valence-electron chi connectivity index (χ2n) is 7.14. The maximum Gasteiger partial charge on any atom is 0.416 e. The molecular weight excluding hydrogens is 463 g/mol. The van der Waals surface area contributed by atoms with Crippen LogP contribution >= 0.6 is 11.8 Å². The van der Waals surface area contributed by atoms with E-state index in [2.05, 4.69) is 5.32 Å². The molecule has 1 unspecified atom stereocenters. The van der Waals surface area contributed by atoms with Gasteiger partial charge in [0.25, 0.3) is 5.91 Å². The average Bonchev–Trinajstić information content (AvgIpc) is 3.16.